The molecule has 1 saturated carbocycles. The summed E-state index contributed by atoms with van der Waals surface area (Å²) in [5.74, 6) is 0. The van der Waals surface area contributed by atoms with Crippen LogP contribution in [0.5, 0.6) is 0 Å². The normalized spacial score (nSPS) is 15.5. The monoisotopic (exact) mass is 252 g/mol. The van der Waals surface area contributed by atoms with Crippen molar-refractivity contribution in [3.05, 3.63) is 28.8 Å². The molecule has 0 aromatic heterocycles. The molecule has 2 nitrogen and oxygen atoms in total. The van der Waals surface area contributed by atoms with Crippen LogP contribution in [0.25, 0.3) is 0 Å². The zero-order chi connectivity index (χ0) is 12.3. The first kappa shape index (κ1) is 12.7. The standard InChI is InChI=1S/C14H21ClN2/c1-2-3-6-17(14-4-5-14)10-11-7-12(15)9-13(16)8-11/h7-9,14H,2-6,10,16H2,1H3. The van der Waals surface area contributed by atoms with Crippen molar-refractivity contribution in [2.45, 2.75) is 45.2 Å². The Morgan fingerprint density at radius 1 is 1.35 bits per heavy atom. The lowest BCUT2D eigenvalue weighted by molar-refractivity contribution is 0.251. The van der Waals surface area contributed by atoms with Crippen LogP contribution in [0.2, 0.25) is 5.02 Å². The van der Waals surface area contributed by atoms with Gasteiger partial charge in [0.25, 0.3) is 0 Å². The van der Waals surface area contributed by atoms with E-state index < -0.39 is 0 Å². The maximum Gasteiger partial charge on any atom is 0.0429 e. The quantitative estimate of drug-likeness (QED) is 0.783. The molecule has 1 aromatic rings. The number of nitrogens with two attached hydrogens (primary N) is 1. The summed E-state index contributed by atoms with van der Waals surface area (Å²) in [6, 6.07) is 6.66. The van der Waals surface area contributed by atoms with Gasteiger partial charge in [-0.2, -0.15) is 0 Å². The minimum atomic E-state index is 0.742. The average Bonchev–Trinajstić information content (AvgIpc) is 3.06. The molecule has 3 heteroatoms. The highest BCUT2D eigenvalue weighted by molar-refractivity contribution is 6.30. The van der Waals surface area contributed by atoms with Crippen molar-refractivity contribution < 1.29 is 0 Å². The lowest BCUT2D eigenvalue weighted by Gasteiger charge is -2.22. The van der Waals surface area contributed by atoms with Gasteiger partial charge in [-0.05, 0) is 49.6 Å². The van der Waals surface area contributed by atoms with Crippen molar-refractivity contribution in [1.82, 2.24) is 4.90 Å². The van der Waals surface area contributed by atoms with E-state index in [9.17, 15) is 0 Å². The van der Waals surface area contributed by atoms with E-state index in [0.29, 0.717) is 0 Å². The molecule has 17 heavy (non-hydrogen) atoms. The van der Waals surface area contributed by atoms with Crippen molar-refractivity contribution in [3.8, 4) is 0 Å². The van der Waals surface area contributed by atoms with E-state index in [-0.39, 0.29) is 0 Å². The number of benzene rings is 1. The smallest absolute Gasteiger partial charge is 0.0429 e. The van der Waals surface area contributed by atoms with Gasteiger partial charge >= 0.3 is 0 Å². The van der Waals surface area contributed by atoms with Gasteiger partial charge in [-0.3, -0.25) is 4.90 Å². The molecule has 2 rings (SSSR count). The van der Waals surface area contributed by atoms with Crippen LogP contribution in [0, 0.1) is 0 Å². The molecular weight excluding hydrogens is 232 g/mol. The summed E-state index contributed by atoms with van der Waals surface area (Å²) in [6.07, 6.45) is 5.22. The Bertz CT molecular complexity index is 354. The molecule has 0 saturated heterocycles. The zero-order valence-electron chi connectivity index (χ0n) is 10.5. The fourth-order valence-corrected chi connectivity index (χ4v) is 2.46. The van der Waals surface area contributed by atoms with Gasteiger partial charge in [-0.1, -0.05) is 24.9 Å². The largest absolute Gasteiger partial charge is 0.399 e. The Balaban J connectivity index is 2.00. The van der Waals surface area contributed by atoms with Crippen LogP contribution >= 0.6 is 11.6 Å². The Morgan fingerprint density at radius 3 is 2.71 bits per heavy atom. The molecule has 0 radical (unpaired) electrons. The lowest BCUT2D eigenvalue weighted by Crippen LogP contribution is -2.26. The minimum Gasteiger partial charge on any atom is -0.399 e. The van der Waals surface area contributed by atoms with E-state index >= 15 is 0 Å². The summed E-state index contributed by atoms with van der Waals surface area (Å²) in [5, 5.41) is 0.742. The van der Waals surface area contributed by atoms with Crippen LogP contribution in [0.1, 0.15) is 38.2 Å². The first-order chi connectivity index (χ1) is 8.19. The van der Waals surface area contributed by atoms with Crippen molar-refractivity contribution in [3.63, 3.8) is 0 Å². The molecule has 94 valence electrons. The number of anilines is 1. The highest BCUT2D eigenvalue weighted by Crippen LogP contribution is 2.29. The van der Waals surface area contributed by atoms with Gasteiger partial charge < -0.3 is 5.73 Å². The third kappa shape index (κ3) is 3.90. The summed E-state index contributed by atoms with van der Waals surface area (Å²) >= 11 is 6.03. The van der Waals surface area contributed by atoms with Crippen molar-refractivity contribution in [1.29, 1.82) is 0 Å². The number of unbranched alkanes of at least 4 members (excludes halogenated alkanes) is 1. The number of hydrogen-bond donors (Lipinski definition) is 1. The second kappa shape index (κ2) is 5.74. The van der Waals surface area contributed by atoms with Gasteiger partial charge in [-0.15, -0.1) is 0 Å². The summed E-state index contributed by atoms with van der Waals surface area (Å²) in [5.41, 5.74) is 7.82. The van der Waals surface area contributed by atoms with E-state index in [0.717, 1.165) is 23.3 Å². The molecule has 1 aliphatic rings. The molecule has 0 bridgehead atoms. The first-order valence-corrected chi connectivity index (χ1v) is 6.86. The zero-order valence-corrected chi connectivity index (χ0v) is 11.2. The van der Waals surface area contributed by atoms with E-state index in [4.69, 9.17) is 17.3 Å². The molecule has 0 aliphatic heterocycles. The fraction of sp³-hybridized carbons (Fsp3) is 0.571. The second-order valence-corrected chi connectivity index (χ2v) is 5.38. The Morgan fingerprint density at radius 2 is 2.12 bits per heavy atom. The second-order valence-electron chi connectivity index (χ2n) is 4.95. The Hall–Kier alpha value is -0.730. The molecule has 0 unspecified atom stereocenters. The van der Waals surface area contributed by atoms with Gasteiger partial charge in [0.2, 0.25) is 0 Å². The number of hydrogen-bond acceptors (Lipinski definition) is 2. The average molecular weight is 253 g/mol. The maximum absolute atomic E-state index is 6.03. The predicted octanol–water partition coefficient (Wildman–Crippen LogP) is 3.69. The molecule has 0 heterocycles. The third-order valence-corrected chi connectivity index (χ3v) is 3.45. The number of rotatable bonds is 6. The minimum absolute atomic E-state index is 0.742. The first-order valence-electron chi connectivity index (χ1n) is 6.48. The summed E-state index contributed by atoms with van der Waals surface area (Å²) in [6.45, 7) is 4.41. The van der Waals surface area contributed by atoms with E-state index in [1.165, 1.54) is 37.8 Å². The molecule has 1 aliphatic carbocycles. The van der Waals surface area contributed by atoms with Gasteiger partial charge in [0.15, 0.2) is 0 Å². The number of halogens is 1. The van der Waals surface area contributed by atoms with E-state index in [1.807, 2.05) is 12.1 Å². The third-order valence-electron chi connectivity index (χ3n) is 3.23. The van der Waals surface area contributed by atoms with Crippen LogP contribution in [0.15, 0.2) is 18.2 Å². The van der Waals surface area contributed by atoms with Crippen molar-refractivity contribution >= 4 is 17.3 Å². The van der Waals surface area contributed by atoms with Gasteiger partial charge in [0.05, 0.1) is 0 Å². The summed E-state index contributed by atoms with van der Waals surface area (Å²) < 4.78 is 0. The lowest BCUT2D eigenvalue weighted by atomic mass is 10.1. The van der Waals surface area contributed by atoms with Crippen LogP contribution in [-0.2, 0) is 6.54 Å². The number of nitrogens with zero attached hydrogens (tertiary/aromatic N) is 1. The Labute approximate surface area is 109 Å². The molecule has 0 amide bonds. The molecule has 2 N–H and O–H groups in total. The predicted molar refractivity (Wildman–Crippen MR) is 74.2 cm³/mol. The number of nitrogen functional groups attached to an aromatic ring is 1. The molecule has 0 spiro atoms. The molecular formula is C14H21ClN2. The van der Waals surface area contributed by atoms with Crippen LogP contribution in [0.4, 0.5) is 5.69 Å². The topological polar surface area (TPSA) is 29.3 Å². The van der Waals surface area contributed by atoms with Crippen LogP contribution in [-0.4, -0.2) is 17.5 Å². The SMILES string of the molecule is CCCCN(Cc1cc(N)cc(Cl)c1)C1CC1. The van der Waals surface area contributed by atoms with Gasteiger partial charge in [-0.25, -0.2) is 0 Å². The molecule has 0 atom stereocenters. The molecule has 1 fully saturated rings. The van der Waals surface area contributed by atoms with Crippen molar-refractivity contribution in [2.75, 3.05) is 12.3 Å². The van der Waals surface area contributed by atoms with Crippen molar-refractivity contribution in [2.24, 2.45) is 0 Å². The van der Waals surface area contributed by atoms with Crippen LogP contribution < -0.4 is 5.73 Å². The van der Waals surface area contributed by atoms with E-state index in [1.54, 1.807) is 6.07 Å². The van der Waals surface area contributed by atoms with E-state index in [2.05, 4.69) is 11.8 Å². The van der Waals surface area contributed by atoms with Crippen LogP contribution in [0.3, 0.4) is 0 Å². The molecule has 1 aromatic carbocycles. The summed E-state index contributed by atoms with van der Waals surface area (Å²) in [4.78, 5) is 2.56. The highest BCUT2D eigenvalue weighted by Gasteiger charge is 2.28. The Kier molecular flexibility index (Phi) is 4.30. The van der Waals surface area contributed by atoms with Gasteiger partial charge in [0.1, 0.15) is 0 Å². The maximum atomic E-state index is 6.03. The van der Waals surface area contributed by atoms with Gasteiger partial charge in [0, 0.05) is 23.3 Å². The fourth-order valence-electron chi connectivity index (χ4n) is 2.19. The highest BCUT2D eigenvalue weighted by atomic mass is 35.5. The summed E-state index contributed by atoms with van der Waals surface area (Å²) in [7, 11) is 0.